The zero-order valence-electron chi connectivity index (χ0n) is 24.7. The number of hydrogen-bond acceptors (Lipinski definition) is 5. The van der Waals surface area contributed by atoms with Gasteiger partial charge in [0.25, 0.3) is 5.56 Å². The van der Waals surface area contributed by atoms with E-state index < -0.39 is 12.6 Å². The molecule has 0 aliphatic carbocycles. The molecule has 44 heavy (non-hydrogen) atoms. The molecule has 3 amide bonds. The van der Waals surface area contributed by atoms with E-state index in [1.54, 1.807) is 30.5 Å². The third-order valence-corrected chi connectivity index (χ3v) is 6.87. The second kappa shape index (κ2) is 15.7. The van der Waals surface area contributed by atoms with E-state index in [2.05, 4.69) is 38.5 Å². The van der Waals surface area contributed by atoms with Gasteiger partial charge in [-0.15, -0.1) is 12.8 Å². The maximum absolute atomic E-state index is 13.1. The molecule has 0 unspecified atom stereocenters. The second-order valence-electron chi connectivity index (χ2n) is 10.0. The first-order chi connectivity index (χ1) is 21.1. The number of carbonyl (C=O) groups is 2. The van der Waals surface area contributed by atoms with Crippen molar-refractivity contribution in [1.29, 1.82) is 0 Å². The Kier molecular flexibility index (Phi) is 11.9. The smallest absolute Gasteiger partial charge is 0.387 e. The average molecular weight is 604 g/mol. The number of aryl methyl sites for hydroxylation is 1. The fourth-order valence-corrected chi connectivity index (χ4v) is 4.61. The Bertz CT molecular complexity index is 1670. The lowest BCUT2D eigenvalue weighted by atomic mass is 9.96. The van der Waals surface area contributed by atoms with E-state index in [1.165, 1.54) is 30.1 Å². The van der Waals surface area contributed by atoms with E-state index >= 15 is 0 Å². The first-order valence-corrected chi connectivity index (χ1v) is 13.7. The van der Waals surface area contributed by atoms with Gasteiger partial charge in [0, 0.05) is 48.7 Å². The van der Waals surface area contributed by atoms with Crippen LogP contribution in [0.5, 0.6) is 5.75 Å². The number of terminal acetylenes is 1. The van der Waals surface area contributed by atoms with Gasteiger partial charge in [-0.3, -0.25) is 9.59 Å². The van der Waals surface area contributed by atoms with Crippen LogP contribution in [0.2, 0.25) is 0 Å². The summed E-state index contributed by atoms with van der Waals surface area (Å²) >= 11 is 0. The predicted molar refractivity (Wildman–Crippen MR) is 169 cm³/mol. The summed E-state index contributed by atoms with van der Waals surface area (Å²) in [5, 5.41) is 9.79. The van der Waals surface area contributed by atoms with Gasteiger partial charge >= 0.3 is 12.6 Å². The van der Waals surface area contributed by atoms with Crippen LogP contribution in [0, 0.1) is 19.8 Å². The van der Waals surface area contributed by atoms with E-state index in [-0.39, 0.29) is 41.8 Å². The molecule has 0 fully saturated rings. The number of carbonyl (C=O) groups excluding carboxylic acids is 2. The Morgan fingerprint density at radius 1 is 1.02 bits per heavy atom. The number of rotatable bonds is 11. The number of aromatic nitrogens is 1. The third-order valence-electron chi connectivity index (χ3n) is 6.87. The molecule has 0 saturated carbocycles. The standard InChI is InChI=1S/C31H33F2N5O4.C2H2/c1-19-6-4-5-7-25(19)20(2)16-36-31(41)37-24-10-11-27(42-30(32)33)22(14-24)18-38(3)28(39)17-35-23-9-8-21-12-13-34-29(40)26(21)15-23;1-2/h4-15,20,30,35H,16-18H2,1-3H3,(H,34,40)(H2,36,37,41);1-2H/t20-;/m0./s1. The fraction of sp³-hybridized carbons (Fsp3) is 0.242. The molecule has 230 valence electrons. The van der Waals surface area contributed by atoms with Gasteiger partial charge in [-0.25, -0.2) is 4.79 Å². The number of nitrogens with zero attached hydrogens (tertiary/aromatic N) is 1. The molecule has 1 aromatic heterocycles. The molecule has 1 heterocycles. The summed E-state index contributed by atoms with van der Waals surface area (Å²) in [7, 11) is 1.53. The number of fused-ring (bicyclic) bond motifs is 1. The van der Waals surface area contributed by atoms with E-state index in [9.17, 15) is 23.2 Å². The molecule has 0 aliphatic rings. The molecule has 0 aliphatic heterocycles. The maximum Gasteiger partial charge on any atom is 0.387 e. The SMILES string of the molecule is C#C.Cc1ccccc1[C@@H](C)CNC(=O)Nc1ccc(OC(F)F)c(CN(C)C(=O)CNc2ccc3cc[nH]c(=O)c3c2)c1. The summed E-state index contributed by atoms with van der Waals surface area (Å²) in [5.41, 5.74) is 3.24. The normalized spacial score (nSPS) is 11.2. The number of amides is 3. The highest BCUT2D eigenvalue weighted by Crippen LogP contribution is 2.26. The average Bonchev–Trinajstić information content (AvgIpc) is 3.01. The number of aromatic amines is 1. The van der Waals surface area contributed by atoms with Gasteiger partial charge in [-0.05, 0) is 65.8 Å². The molecule has 0 spiro atoms. The molecule has 3 aromatic carbocycles. The van der Waals surface area contributed by atoms with Gasteiger partial charge in [0.15, 0.2) is 0 Å². The number of anilines is 2. The number of ether oxygens (including phenoxy) is 1. The molecule has 0 saturated heterocycles. The van der Waals surface area contributed by atoms with Gasteiger partial charge in [0.1, 0.15) is 5.75 Å². The zero-order chi connectivity index (χ0) is 32.2. The number of H-pyrrole nitrogens is 1. The van der Waals surface area contributed by atoms with Gasteiger partial charge in [0.05, 0.1) is 6.54 Å². The van der Waals surface area contributed by atoms with Crippen LogP contribution in [0.15, 0.2) is 77.7 Å². The molecule has 4 aromatic rings. The van der Waals surface area contributed by atoms with Crippen molar-refractivity contribution in [2.75, 3.05) is 30.8 Å². The molecule has 0 radical (unpaired) electrons. The number of urea groups is 1. The van der Waals surface area contributed by atoms with Crippen LogP contribution in [-0.2, 0) is 11.3 Å². The number of hydrogen-bond donors (Lipinski definition) is 4. The van der Waals surface area contributed by atoms with Gasteiger partial charge in [-0.1, -0.05) is 37.3 Å². The van der Waals surface area contributed by atoms with Crippen molar-refractivity contribution >= 4 is 34.1 Å². The molecule has 11 heteroatoms. The monoisotopic (exact) mass is 603 g/mol. The molecular weight excluding hydrogens is 568 g/mol. The van der Waals surface area contributed by atoms with E-state index in [4.69, 9.17) is 0 Å². The lowest BCUT2D eigenvalue weighted by molar-refractivity contribution is -0.128. The van der Waals surface area contributed by atoms with Crippen LogP contribution < -0.4 is 26.2 Å². The van der Waals surface area contributed by atoms with Crippen molar-refractivity contribution in [2.24, 2.45) is 0 Å². The molecule has 4 rings (SSSR count). The number of alkyl halides is 2. The molecule has 4 N–H and O–H groups in total. The van der Waals surface area contributed by atoms with Crippen molar-refractivity contribution in [3.8, 4) is 18.6 Å². The molecule has 1 atom stereocenters. The lowest BCUT2D eigenvalue weighted by Gasteiger charge is -2.21. The largest absolute Gasteiger partial charge is 0.434 e. The summed E-state index contributed by atoms with van der Waals surface area (Å²) < 4.78 is 30.8. The summed E-state index contributed by atoms with van der Waals surface area (Å²) in [4.78, 5) is 41.5. The first kappa shape index (κ1) is 33.1. The number of pyridine rings is 1. The van der Waals surface area contributed by atoms with Crippen LogP contribution in [0.3, 0.4) is 0 Å². The van der Waals surface area contributed by atoms with Crippen LogP contribution in [0.25, 0.3) is 10.8 Å². The lowest BCUT2D eigenvalue weighted by Crippen LogP contribution is -2.32. The minimum absolute atomic E-state index is 0.0542. The number of likely N-dealkylation sites (N-methyl/N-ethyl adjacent to an activating group) is 1. The van der Waals surface area contributed by atoms with E-state index in [1.807, 2.05) is 38.1 Å². The van der Waals surface area contributed by atoms with Crippen LogP contribution in [-0.4, -0.2) is 48.6 Å². The van der Waals surface area contributed by atoms with E-state index in [0.717, 1.165) is 16.5 Å². The Hall–Kier alpha value is -5.37. The van der Waals surface area contributed by atoms with Crippen LogP contribution in [0.4, 0.5) is 25.0 Å². The first-order valence-electron chi connectivity index (χ1n) is 13.7. The minimum Gasteiger partial charge on any atom is -0.434 e. The van der Waals surface area contributed by atoms with Gasteiger partial charge in [-0.2, -0.15) is 8.78 Å². The topological polar surface area (TPSA) is 116 Å². The van der Waals surface area contributed by atoms with Crippen molar-refractivity contribution in [2.45, 2.75) is 32.9 Å². The van der Waals surface area contributed by atoms with Gasteiger partial charge < -0.3 is 30.6 Å². The highest BCUT2D eigenvalue weighted by molar-refractivity contribution is 5.89. The summed E-state index contributed by atoms with van der Waals surface area (Å²) in [5.74, 6) is -0.357. The van der Waals surface area contributed by atoms with Crippen molar-refractivity contribution in [3.05, 3.63) is 100.0 Å². The fourth-order valence-electron chi connectivity index (χ4n) is 4.61. The van der Waals surface area contributed by atoms with Crippen LogP contribution in [0.1, 0.15) is 29.5 Å². The van der Waals surface area contributed by atoms with E-state index in [0.29, 0.717) is 23.3 Å². The zero-order valence-corrected chi connectivity index (χ0v) is 24.7. The second-order valence-corrected chi connectivity index (χ2v) is 10.0. The summed E-state index contributed by atoms with van der Waals surface area (Å²) in [6.07, 6.45) is 9.56. The van der Waals surface area contributed by atoms with Crippen molar-refractivity contribution in [1.82, 2.24) is 15.2 Å². The Balaban J connectivity index is 0.00000259. The van der Waals surface area contributed by atoms with Gasteiger partial charge in [0.2, 0.25) is 5.91 Å². The quantitative estimate of drug-likeness (QED) is 0.165. The van der Waals surface area contributed by atoms with Crippen molar-refractivity contribution < 1.29 is 23.1 Å². The Morgan fingerprint density at radius 3 is 2.48 bits per heavy atom. The number of nitrogens with one attached hydrogen (secondary N) is 4. The molecule has 0 bridgehead atoms. The molecule has 9 nitrogen and oxygen atoms in total. The summed E-state index contributed by atoms with van der Waals surface area (Å²) in [6.45, 7) is 1.20. The van der Waals surface area contributed by atoms with Crippen molar-refractivity contribution in [3.63, 3.8) is 0 Å². The minimum atomic E-state index is -3.06. The highest BCUT2D eigenvalue weighted by Gasteiger charge is 2.17. The maximum atomic E-state index is 13.1. The predicted octanol–water partition coefficient (Wildman–Crippen LogP) is 5.68. The number of halogens is 2. The Labute approximate surface area is 254 Å². The molecular formula is C33H35F2N5O4. The highest BCUT2D eigenvalue weighted by atomic mass is 19.3. The Morgan fingerprint density at radius 2 is 1.75 bits per heavy atom. The third kappa shape index (κ3) is 9.06. The summed E-state index contributed by atoms with van der Waals surface area (Å²) in [6, 6.07) is 18.7. The van der Waals surface area contributed by atoms with Crippen LogP contribution >= 0.6 is 0 Å². The number of benzene rings is 3.